The molecular weight excluding hydrogens is 650 g/mol. The van der Waals surface area contributed by atoms with Gasteiger partial charge in [-0.15, -0.1) is 0 Å². The summed E-state index contributed by atoms with van der Waals surface area (Å²) in [6.45, 7) is 6.11. The predicted molar refractivity (Wildman–Crippen MR) is 172 cm³/mol. The second kappa shape index (κ2) is 11.1. The molecule has 1 fully saturated rings. The van der Waals surface area contributed by atoms with Crippen molar-refractivity contribution in [1.29, 1.82) is 0 Å². The highest BCUT2D eigenvalue weighted by molar-refractivity contribution is 9.10. The lowest BCUT2D eigenvalue weighted by molar-refractivity contribution is -0.122. The molecular formula is C32H28BrN3O5S2. The minimum atomic E-state index is -0.767. The minimum absolute atomic E-state index is 0.0709. The number of fused-ring (bicyclic) bond motifs is 2. The highest BCUT2D eigenvalue weighted by atomic mass is 79.9. The number of benzene rings is 3. The number of rotatable bonds is 5. The fourth-order valence-corrected chi connectivity index (χ4v) is 8.58. The fourth-order valence-electron chi connectivity index (χ4n) is 5.54. The van der Waals surface area contributed by atoms with Crippen molar-refractivity contribution < 1.29 is 19.5 Å². The van der Waals surface area contributed by atoms with Crippen LogP contribution in [-0.2, 0) is 26.3 Å². The van der Waals surface area contributed by atoms with E-state index in [4.69, 9.17) is 0 Å². The van der Waals surface area contributed by atoms with Crippen molar-refractivity contribution in [3.8, 4) is 5.75 Å². The molecule has 2 aliphatic heterocycles. The van der Waals surface area contributed by atoms with Gasteiger partial charge >= 0.3 is 4.87 Å². The van der Waals surface area contributed by atoms with Crippen molar-refractivity contribution >= 4 is 68.1 Å². The van der Waals surface area contributed by atoms with Crippen LogP contribution in [0.4, 0.5) is 11.4 Å². The van der Waals surface area contributed by atoms with Crippen molar-refractivity contribution in [2.45, 2.75) is 48.9 Å². The molecule has 1 aromatic heterocycles. The van der Waals surface area contributed by atoms with Crippen LogP contribution in [0.15, 0.2) is 87.1 Å². The Morgan fingerprint density at radius 3 is 2.21 bits per heavy atom. The first kappa shape index (κ1) is 29.4. The lowest BCUT2D eigenvalue weighted by Gasteiger charge is -2.31. The molecule has 0 spiro atoms. The molecule has 8 nitrogen and oxygen atoms in total. The smallest absolute Gasteiger partial charge is 0.308 e. The molecule has 6 rings (SSSR count). The number of aromatic hydroxyl groups is 1. The first-order valence-electron chi connectivity index (χ1n) is 13.7. The highest BCUT2D eigenvalue weighted by Gasteiger charge is 2.56. The third-order valence-corrected chi connectivity index (χ3v) is 10.9. The third-order valence-electron chi connectivity index (χ3n) is 7.72. The van der Waals surface area contributed by atoms with Gasteiger partial charge in [0.25, 0.3) is 0 Å². The largest absolute Gasteiger partial charge is 0.508 e. The Hall–Kier alpha value is -3.67. The summed E-state index contributed by atoms with van der Waals surface area (Å²) in [4.78, 5) is 56.0. The van der Waals surface area contributed by atoms with Crippen LogP contribution in [0.3, 0.4) is 0 Å². The van der Waals surface area contributed by atoms with Gasteiger partial charge in [0.05, 0.1) is 16.6 Å². The van der Waals surface area contributed by atoms with Crippen molar-refractivity contribution in [3.05, 3.63) is 103 Å². The molecule has 1 saturated heterocycles. The van der Waals surface area contributed by atoms with Crippen LogP contribution in [-0.4, -0.2) is 32.6 Å². The summed E-state index contributed by atoms with van der Waals surface area (Å²) in [5, 5.41) is 12.1. The van der Waals surface area contributed by atoms with E-state index in [2.05, 4.69) is 42.0 Å². The Labute approximate surface area is 264 Å². The summed E-state index contributed by atoms with van der Waals surface area (Å²) in [6, 6.07) is 21.1. The number of halogens is 1. The number of carbonyl (C=O) groups is 3. The van der Waals surface area contributed by atoms with Gasteiger partial charge in [-0.25, -0.2) is 4.90 Å². The molecule has 11 heteroatoms. The average molecular weight is 679 g/mol. The molecule has 43 heavy (non-hydrogen) atoms. The van der Waals surface area contributed by atoms with Gasteiger partial charge in [-0.05, 0) is 65.1 Å². The summed E-state index contributed by atoms with van der Waals surface area (Å²) >= 11 is 5.61. The van der Waals surface area contributed by atoms with Gasteiger partial charge in [0.2, 0.25) is 17.7 Å². The van der Waals surface area contributed by atoms with E-state index in [-0.39, 0.29) is 34.4 Å². The number of phenolic OH excluding ortho intramolecular Hbond substituents is 1. The van der Waals surface area contributed by atoms with Gasteiger partial charge in [0, 0.05) is 21.0 Å². The molecule has 0 unspecified atom stereocenters. The summed E-state index contributed by atoms with van der Waals surface area (Å²) in [7, 11) is 0. The molecule has 3 heterocycles. The first-order chi connectivity index (χ1) is 20.4. The number of hydrogen-bond donors (Lipinski definition) is 2. The average Bonchev–Trinajstić information content (AvgIpc) is 3.40. The maximum atomic E-state index is 14.1. The summed E-state index contributed by atoms with van der Waals surface area (Å²) in [5.74, 6) is -2.26. The van der Waals surface area contributed by atoms with E-state index in [0.717, 1.165) is 26.9 Å². The van der Waals surface area contributed by atoms with E-state index in [9.17, 15) is 24.3 Å². The Balaban J connectivity index is 1.41. The number of aromatic nitrogens is 1. The minimum Gasteiger partial charge on any atom is -0.508 e. The lowest BCUT2D eigenvalue weighted by Crippen LogP contribution is -2.33. The zero-order valence-corrected chi connectivity index (χ0v) is 26.8. The maximum Gasteiger partial charge on any atom is 0.308 e. The number of nitrogens with one attached hydrogen (secondary N) is 1. The molecule has 4 aromatic rings. The number of nitrogens with zero attached hydrogens (tertiary/aromatic N) is 2. The van der Waals surface area contributed by atoms with Gasteiger partial charge in [0.1, 0.15) is 17.5 Å². The van der Waals surface area contributed by atoms with Crippen LogP contribution in [0.1, 0.15) is 42.7 Å². The Kier molecular flexibility index (Phi) is 7.60. The third kappa shape index (κ3) is 5.45. The van der Waals surface area contributed by atoms with Crippen molar-refractivity contribution in [3.63, 3.8) is 0 Å². The summed E-state index contributed by atoms with van der Waals surface area (Å²) in [5.41, 5.74) is 2.85. The fraction of sp³-hybridized carbons (Fsp3) is 0.250. The Morgan fingerprint density at radius 2 is 1.58 bits per heavy atom. The molecule has 2 aliphatic rings. The van der Waals surface area contributed by atoms with E-state index in [1.54, 1.807) is 36.4 Å². The monoisotopic (exact) mass is 677 g/mol. The highest BCUT2D eigenvalue weighted by Crippen LogP contribution is 2.54. The maximum absolute atomic E-state index is 14.1. The van der Waals surface area contributed by atoms with Crippen LogP contribution in [0, 0.1) is 5.92 Å². The van der Waals surface area contributed by atoms with E-state index in [1.165, 1.54) is 33.4 Å². The second-order valence-corrected chi connectivity index (χ2v) is 14.7. The van der Waals surface area contributed by atoms with Crippen LogP contribution >= 0.6 is 39.0 Å². The van der Waals surface area contributed by atoms with Gasteiger partial charge in [-0.1, -0.05) is 84.1 Å². The van der Waals surface area contributed by atoms with E-state index in [1.807, 2.05) is 24.3 Å². The standard InChI is InChI=1S/C32H28BrN3O5S2/c1-32(2,3)18-6-4-17(5-7-18)24-25-26(29(40)36(28(25)39)21-12-8-19(33)9-13-21)42-30-27(24)43-31(41)35(30)16-23(38)34-20-10-14-22(37)15-11-20/h4-15,24-26,37H,16H2,1-3H3,(H,34,38)/t24-,25-,26+/m0/s1. The number of anilines is 2. The van der Waals surface area contributed by atoms with E-state index < -0.39 is 23.0 Å². The molecule has 3 aromatic carbocycles. The Bertz CT molecular complexity index is 1790. The molecule has 0 aliphatic carbocycles. The normalized spacial score (nSPS) is 19.7. The number of thioether (sulfide) groups is 1. The van der Waals surface area contributed by atoms with E-state index in [0.29, 0.717) is 21.3 Å². The van der Waals surface area contributed by atoms with Gasteiger partial charge in [-0.2, -0.15) is 0 Å². The zero-order valence-electron chi connectivity index (χ0n) is 23.5. The van der Waals surface area contributed by atoms with Gasteiger partial charge in [0.15, 0.2) is 0 Å². The molecule has 3 atom stereocenters. The van der Waals surface area contributed by atoms with Crippen LogP contribution < -0.4 is 15.1 Å². The number of thiazole rings is 1. The number of phenols is 1. The van der Waals surface area contributed by atoms with Crippen LogP contribution in [0.25, 0.3) is 0 Å². The topological polar surface area (TPSA) is 109 Å². The predicted octanol–water partition coefficient (Wildman–Crippen LogP) is 6.11. The Morgan fingerprint density at radius 1 is 0.930 bits per heavy atom. The number of hydrogen-bond acceptors (Lipinski definition) is 7. The number of amides is 3. The van der Waals surface area contributed by atoms with E-state index >= 15 is 0 Å². The zero-order chi connectivity index (χ0) is 30.6. The molecule has 3 amide bonds. The van der Waals surface area contributed by atoms with Crippen molar-refractivity contribution in [1.82, 2.24) is 4.57 Å². The second-order valence-electron chi connectivity index (χ2n) is 11.6. The molecule has 220 valence electrons. The van der Waals surface area contributed by atoms with Crippen molar-refractivity contribution in [2.75, 3.05) is 10.2 Å². The van der Waals surface area contributed by atoms with Crippen LogP contribution in [0.2, 0.25) is 0 Å². The lowest BCUT2D eigenvalue weighted by atomic mass is 9.81. The summed E-state index contributed by atoms with van der Waals surface area (Å²) in [6.07, 6.45) is 0. The van der Waals surface area contributed by atoms with Crippen molar-refractivity contribution in [2.24, 2.45) is 5.92 Å². The number of carbonyl (C=O) groups excluding carboxylic acids is 3. The molecule has 0 radical (unpaired) electrons. The van der Waals surface area contributed by atoms with Crippen LogP contribution in [0.5, 0.6) is 5.75 Å². The molecule has 2 N–H and O–H groups in total. The summed E-state index contributed by atoms with van der Waals surface area (Å²) < 4.78 is 2.23. The first-order valence-corrected chi connectivity index (χ1v) is 16.1. The molecule has 0 saturated carbocycles. The number of imide groups is 1. The van der Waals surface area contributed by atoms with Gasteiger partial charge < -0.3 is 10.4 Å². The van der Waals surface area contributed by atoms with Gasteiger partial charge in [-0.3, -0.25) is 23.7 Å². The quantitative estimate of drug-likeness (QED) is 0.195. The molecule has 0 bridgehead atoms. The SMILES string of the molecule is CC(C)(C)c1ccc([C@@H]2c3sc(=O)n(CC(=O)Nc4ccc(O)cc4)c3S[C@H]3C(=O)N(c4ccc(Br)cc4)C(=O)[C@@H]23)cc1.